The van der Waals surface area contributed by atoms with Crippen LogP contribution in [0.3, 0.4) is 0 Å². The average Bonchev–Trinajstić information content (AvgIpc) is 2.74. The molecule has 2 rings (SSSR count). The van der Waals surface area contributed by atoms with Gasteiger partial charge >= 0.3 is 0 Å². The summed E-state index contributed by atoms with van der Waals surface area (Å²) in [5.74, 6) is -1.06. The normalized spacial score (nSPS) is 22.4. The van der Waals surface area contributed by atoms with Crippen molar-refractivity contribution < 1.29 is 14.4 Å². The summed E-state index contributed by atoms with van der Waals surface area (Å²) in [7, 11) is 0. The van der Waals surface area contributed by atoms with Gasteiger partial charge < -0.3 is 4.79 Å². The van der Waals surface area contributed by atoms with Crippen LogP contribution in [0.5, 0.6) is 0 Å². The number of para-hydroxylation sites is 1. The predicted molar refractivity (Wildman–Crippen MR) is 71.5 cm³/mol. The Morgan fingerprint density at radius 3 is 2.47 bits per heavy atom. The minimum absolute atomic E-state index is 0.108. The molecule has 0 spiro atoms. The molecular weight excluding hydrogens is 242 g/mol. The molecule has 19 heavy (non-hydrogen) atoms. The second-order valence-electron chi connectivity index (χ2n) is 5.14. The van der Waals surface area contributed by atoms with Gasteiger partial charge in [-0.3, -0.25) is 14.5 Å². The molecule has 1 fully saturated rings. The van der Waals surface area contributed by atoms with Crippen molar-refractivity contribution in [2.75, 3.05) is 4.90 Å². The first-order valence-corrected chi connectivity index (χ1v) is 6.41. The number of benzene rings is 1. The van der Waals surface area contributed by atoms with Crippen molar-refractivity contribution in [2.24, 2.45) is 11.3 Å². The molecule has 0 N–H and O–H groups in total. The van der Waals surface area contributed by atoms with E-state index in [2.05, 4.69) is 0 Å². The average molecular weight is 259 g/mol. The number of amides is 2. The van der Waals surface area contributed by atoms with E-state index in [0.717, 1.165) is 6.29 Å². The Labute approximate surface area is 112 Å². The van der Waals surface area contributed by atoms with Crippen molar-refractivity contribution in [2.45, 2.75) is 26.7 Å². The number of hydrogen-bond acceptors (Lipinski definition) is 3. The van der Waals surface area contributed by atoms with Gasteiger partial charge in [0.25, 0.3) is 0 Å². The molecule has 2 amide bonds. The van der Waals surface area contributed by atoms with Crippen LogP contribution < -0.4 is 4.90 Å². The topological polar surface area (TPSA) is 54.5 Å². The Hall–Kier alpha value is -1.97. The Morgan fingerprint density at radius 1 is 1.32 bits per heavy atom. The Balaban J connectivity index is 2.34. The lowest BCUT2D eigenvalue weighted by molar-refractivity contribution is -0.130. The summed E-state index contributed by atoms with van der Waals surface area (Å²) >= 11 is 0. The lowest BCUT2D eigenvalue weighted by atomic mass is 9.75. The number of rotatable bonds is 4. The summed E-state index contributed by atoms with van der Waals surface area (Å²) in [5, 5.41) is 0. The van der Waals surface area contributed by atoms with Gasteiger partial charge in [0.1, 0.15) is 6.29 Å². The van der Waals surface area contributed by atoms with Crippen molar-refractivity contribution >= 4 is 23.8 Å². The minimum atomic E-state index is -0.768. The second kappa shape index (κ2) is 4.96. The Kier molecular flexibility index (Phi) is 3.51. The molecule has 0 aromatic heterocycles. The second-order valence-corrected chi connectivity index (χ2v) is 5.14. The number of carbonyl (C=O) groups is 3. The first-order chi connectivity index (χ1) is 9.03. The van der Waals surface area contributed by atoms with Crippen molar-refractivity contribution in [3.63, 3.8) is 0 Å². The van der Waals surface area contributed by atoms with Gasteiger partial charge in [0.2, 0.25) is 11.8 Å². The fourth-order valence-electron chi connectivity index (χ4n) is 2.41. The first-order valence-electron chi connectivity index (χ1n) is 6.41. The Morgan fingerprint density at radius 2 is 1.95 bits per heavy atom. The highest BCUT2D eigenvalue weighted by atomic mass is 16.2. The molecule has 1 saturated heterocycles. The summed E-state index contributed by atoms with van der Waals surface area (Å²) in [4.78, 5) is 36.9. The molecule has 100 valence electrons. The molecule has 2 atom stereocenters. The Bertz CT molecular complexity index is 511. The number of aldehydes is 1. The number of hydrogen-bond donors (Lipinski definition) is 0. The van der Waals surface area contributed by atoms with E-state index in [4.69, 9.17) is 0 Å². The lowest BCUT2D eigenvalue weighted by Crippen LogP contribution is -2.37. The van der Waals surface area contributed by atoms with Crippen LogP contribution in [-0.2, 0) is 14.4 Å². The summed E-state index contributed by atoms with van der Waals surface area (Å²) in [6.07, 6.45) is 1.46. The molecule has 1 unspecified atom stereocenters. The molecule has 1 aliphatic rings. The van der Waals surface area contributed by atoms with E-state index in [1.807, 2.05) is 13.0 Å². The van der Waals surface area contributed by atoms with Crippen LogP contribution in [0.1, 0.15) is 26.7 Å². The molecule has 1 heterocycles. The standard InChI is InChI=1S/C15H17NO3/c1-3-15(2,10-17)12-9-13(18)16(14(12)19)11-7-5-4-6-8-11/h4-8,10,12H,3,9H2,1-2H3/t12-,15?/m0/s1. The molecule has 4 nitrogen and oxygen atoms in total. The zero-order valence-electron chi connectivity index (χ0n) is 11.1. The van der Waals surface area contributed by atoms with E-state index in [9.17, 15) is 14.4 Å². The highest BCUT2D eigenvalue weighted by molar-refractivity contribution is 6.21. The van der Waals surface area contributed by atoms with Gasteiger partial charge in [0, 0.05) is 11.8 Å². The number of carbonyl (C=O) groups excluding carboxylic acids is 3. The molecule has 4 heteroatoms. The monoisotopic (exact) mass is 259 g/mol. The zero-order chi connectivity index (χ0) is 14.0. The van der Waals surface area contributed by atoms with Crippen molar-refractivity contribution in [3.05, 3.63) is 30.3 Å². The molecule has 0 saturated carbocycles. The van der Waals surface area contributed by atoms with E-state index in [1.54, 1.807) is 31.2 Å². The molecule has 1 aromatic carbocycles. The summed E-state index contributed by atoms with van der Waals surface area (Å²) in [6.45, 7) is 3.60. The largest absolute Gasteiger partial charge is 0.303 e. The van der Waals surface area contributed by atoms with Crippen LogP contribution in [0.2, 0.25) is 0 Å². The maximum absolute atomic E-state index is 12.4. The lowest BCUT2D eigenvalue weighted by Gasteiger charge is -2.26. The van der Waals surface area contributed by atoms with E-state index in [1.165, 1.54) is 4.90 Å². The molecule has 0 aliphatic carbocycles. The van der Waals surface area contributed by atoms with Gasteiger partial charge in [-0.1, -0.05) is 32.0 Å². The number of anilines is 1. The number of imide groups is 1. The SMILES string of the molecule is CCC(C)(C=O)[C@H]1CC(=O)N(c2ccccc2)C1=O. The van der Waals surface area contributed by atoms with Crippen molar-refractivity contribution in [3.8, 4) is 0 Å². The summed E-state index contributed by atoms with van der Waals surface area (Å²) < 4.78 is 0. The zero-order valence-corrected chi connectivity index (χ0v) is 11.1. The third kappa shape index (κ3) is 2.18. The van der Waals surface area contributed by atoms with Crippen molar-refractivity contribution in [1.82, 2.24) is 0 Å². The van der Waals surface area contributed by atoms with E-state index in [-0.39, 0.29) is 18.2 Å². The summed E-state index contributed by atoms with van der Waals surface area (Å²) in [6, 6.07) is 8.84. The maximum atomic E-state index is 12.4. The van der Waals surface area contributed by atoms with Gasteiger partial charge in [-0.2, -0.15) is 0 Å². The molecular formula is C15H17NO3. The smallest absolute Gasteiger partial charge is 0.238 e. The van der Waals surface area contributed by atoms with Gasteiger partial charge in [-0.15, -0.1) is 0 Å². The van der Waals surface area contributed by atoms with Crippen LogP contribution in [0.4, 0.5) is 5.69 Å². The third-order valence-electron chi connectivity index (χ3n) is 3.99. The van der Waals surface area contributed by atoms with Crippen LogP contribution in [-0.4, -0.2) is 18.1 Å². The van der Waals surface area contributed by atoms with Crippen LogP contribution >= 0.6 is 0 Å². The van der Waals surface area contributed by atoms with E-state index in [0.29, 0.717) is 12.1 Å². The van der Waals surface area contributed by atoms with Crippen LogP contribution in [0.25, 0.3) is 0 Å². The summed E-state index contributed by atoms with van der Waals surface area (Å²) in [5.41, 5.74) is -0.194. The fraction of sp³-hybridized carbons (Fsp3) is 0.400. The van der Waals surface area contributed by atoms with Gasteiger partial charge in [-0.25, -0.2) is 0 Å². The predicted octanol–water partition coefficient (Wildman–Crippen LogP) is 2.18. The molecule has 0 radical (unpaired) electrons. The van der Waals surface area contributed by atoms with E-state index >= 15 is 0 Å². The number of nitrogens with zero attached hydrogens (tertiary/aromatic N) is 1. The maximum Gasteiger partial charge on any atom is 0.238 e. The van der Waals surface area contributed by atoms with E-state index < -0.39 is 11.3 Å². The van der Waals surface area contributed by atoms with Crippen LogP contribution in [0, 0.1) is 11.3 Å². The third-order valence-corrected chi connectivity index (χ3v) is 3.99. The molecule has 0 bridgehead atoms. The minimum Gasteiger partial charge on any atom is -0.303 e. The van der Waals surface area contributed by atoms with Crippen molar-refractivity contribution in [1.29, 1.82) is 0 Å². The van der Waals surface area contributed by atoms with Gasteiger partial charge in [0.15, 0.2) is 0 Å². The van der Waals surface area contributed by atoms with Gasteiger partial charge in [-0.05, 0) is 18.6 Å². The molecule has 1 aliphatic heterocycles. The first kappa shape index (κ1) is 13.5. The highest BCUT2D eigenvalue weighted by Crippen LogP contribution is 2.38. The van der Waals surface area contributed by atoms with Gasteiger partial charge in [0.05, 0.1) is 11.6 Å². The molecule has 1 aromatic rings. The quantitative estimate of drug-likeness (QED) is 0.615. The fourth-order valence-corrected chi connectivity index (χ4v) is 2.41. The van der Waals surface area contributed by atoms with Crippen LogP contribution in [0.15, 0.2) is 30.3 Å². The highest BCUT2D eigenvalue weighted by Gasteiger charge is 2.48.